The summed E-state index contributed by atoms with van der Waals surface area (Å²) in [4.78, 5) is 39.3. The minimum absolute atomic E-state index is 0.119. The second kappa shape index (κ2) is 14.6. The Hall–Kier alpha value is -2.71. The van der Waals surface area contributed by atoms with E-state index in [4.69, 9.17) is 4.74 Å². The van der Waals surface area contributed by atoms with Crippen LogP contribution in [-0.4, -0.2) is 47.2 Å². The highest BCUT2D eigenvalue weighted by atomic mass is 16.5. The maximum Gasteiger partial charge on any atom is 0.270 e. The van der Waals surface area contributed by atoms with Crippen molar-refractivity contribution in [2.45, 2.75) is 65.9 Å². The Kier molecular flexibility index (Phi) is 11.9. The molecule has 0 bridgehead atoms. The van der Waals surface area contributed by atoms with E-state index in [-0.39, 0.29) is 24.2 Å². The van der Waals surface area contributed by atoms with Gasteiger partial charge in [0.15, 0.2) is 0 Å². The lowest BCUT2D eigenvalue weighted by molar-refractivity contribution is -0.156. The third-order valence-electron chi connectivity index (χ3n) is 6.01. The summed E-state index contributed by atoms with van der Waals surface area (Å²) >= 11 is 0. The van der Waals surface area contributed by atoms with E-state index in [1.807, 2.05) is 70.2 Å². The number of rotatable bonds is 11. The lowest BCUT2D eigenvalue weighted by Gasteiger charge is -2.33. The van der Waals surface area contributed by atoms with Crippen LogP contribution in [0.15, 0.2) is 36.4 Å². The summed E-state index contributed by atoms with van der Waals surface area (Å²) in [6, 6.07) is 9.65. The fourth-order valence-corrected chi connectivity index (χ4v) is 4.29. The number of hydroxylamine groups is 1. The van der Waals surface area contributed by atoms with Gasteiger partial charge in [0, 0.05) is 13.2 Å². The molecule has 8 nitrogen and oxygen atoms in total. The summed E-state index contributed by atoms with van der Waals surface area (Å²) in [7, 11) is 0. The van der Waals surface area contributed by atoms with E-state index in [1.165, 1.54) is 5.01 Å². The van der Waals surface area contributed by atoms with Crippen molar-refractivity contribution < 1.29 is 24.3 Å². The number of nitrogens with one attached hydrogen (secondary N) is 2. The number of ether oxygens (including phenoxy) is 1. The zero-order chi connectivity index (χ0) is 25.8. The molecule has 1 aliphatic heterocycles. The van der Waals surface area contributed by atoms with Crippen LogP contribution in [0.25, 0.3) is 6.08 Å². The summed E-state index contributed by atoms with van der Waals surface area (Å²) in [5, 5.41) is 10.8. The normalized spacial score (nSPS) is 17.9. The monoisotopic (exact) mass is 487 g/mol. The van der Waals surface area contributed by atoms with Gasteiger partial charge in [-0.15, -0.1) is 0 Å². The van der Waals surface area contributed by atoms with Crippen molar-refractivity contribution in [1.29, 1.82) is 0 Å². The van der Waals surface area contributed by atoms with Crippen LogP contribution < -0.4 is 10.9 Å². The highest BCUT2D eigenvalue weighted by molar-refractivity contribution is 5.89. The van der Waals surface area contributed by atoms with Crippen molar-refractivity contribution in [2.24, 2.45) is 23.7 Å². The first kappa shape index (κ1) is 28.5. The first-order valence-electron chi connectivity index (χ1n) is 12.6. The van der Waals surface area contributed by atoms with Gasteiger partial charge >= 0.3 is 0 Å². The van der Waals surface area contributed by atoms with E-state index < -0.39 is 29.8 Å². The second-order valence-electron chi connectivity index (χ2n) is 10.0. The van der Waals surface area contributed by atoms with Crippen LogP contribution in [0.1, 0.15) is 65.4 Å². The van der Waals surface area contributed by atoms with E-state index in [9.17, 15) is 19.6 Å². The summed E-state index contributed by atoms with van der Waals surface area (Å²) in [6.07, 6.45) is 6.28. The number of carbonyl (C=O) groups is 3. The van der Waals surface area contributed by atoms with E-state index in [0.29, 0.717) is 26.0 Å². The number of allylic oxidation sites excluding steroid dienone is 1. The van der Waals surface area contributed by atoms with Crippen LogP contribution in [0.5, 0.6) is 0 Å². The molecule has 1 saturated heterocycles. The highest BCUT2D eigenvalue weighted by Crippen LogP contribution is 2.26. The fourth-order valence-electron chi connectivity index (χ4n) is 4.29. The molecule has 0 aromatic heterocycles. The number of amides is 3. The van der Waals surface area contributed by atoms with E-state index in [0.717, 1.165) is 18.4 Å². The average molecular weight is 488 g/mol. The third-order valence-corrected chi connectivity index (χ3v) is 6.01. The third kappa shape index (κ3) is 9.45. The van der Waals surface area contributed by atoms with Gasteiger partial charge in [-0.3, -0.25) is 30.0 Å². The van der Waals surface area contributed by atoms with Crippen LogP contribution >= 0.6 is 0 Å². The second-order valence-corrected chi connectivity index (χ2v) is 10.0. The molecule has 1 heterocycles. The topological polar surface area (TPSA) is 108 Å². The molecule has 2 rings (SSSR count). The van der Waals surface area contributed by atoms with Gasteiger partial charge in [-0.1, -0.05) is 70.2 Å². The maximum atomic E-state index is 13.5. The molecule has 1 aromatic rings. The van der Waals surface area contributed by atoms with Gasteiger partial charge in [0.05, 0.1) is 11.8 Å². The molecule has 1 fully saturated rings. The number of nitrogens with zero attached hydrogens (tertiary/aromatic N) is 1. The standard InChI is InChI=1S/C27H41N3O5/c1-19(2)17-23(22(26(32)29-34)14-10-13-21-11-6-5-7-12-21)25(31)28-30(18-20(3)4)27(33)24-15-8-9-16-35-24/h5-7,10-13,19-20,22-24,34H,8-9,14-18H2,1-4H3,(H,28,31)(H,29,32)/b13-10+/t22-,23+,24?/m0/s1. The molecule has 3 N–H and O–H groups in total. The van der Waals surface area contributed by atoms with Gasteiger partial charge in [-0.05, 0) is 49.5 Å². The molecule has 0 aliphatic carbocycles. The SMILES string of the molecule is CC(C)C[C@@H](C(=O)NN(CC(C)C)C(=O)C1CCCCO1)[C@H](C/C=C/c1ccccc1)C(=O)NO. The first-order valence-corrected chi connectivity index (χ1v) is 12.6. The number of hydrazine groups is 1. The number of hydrogen-bond acceptors (Lipinski definition) is 5. The van der Waals surface area contributed by atoms with E-state index in [2.05, 4.69) is 5.43 Å². The molecule has 35 heavy (non-hydrogen) atoms. The van der Waals surface area contributed by atoms with Gasteiger partial charge in [-0.25, -0.2) is 5.48 Å². The molecule has 1 aliphatic rings. The molecule has 1 aromatic carbocycles. The molecule has 3 amide bonds. The lowest BCUT2D eigenvalue weighted by Crippen LogP contribution is -2.55. The van der Waals surface area contributed by atoms with Crippen LogP contribution in [0.2, 0.25) is 0 Å². The Morgan fingerprint density at radius 2 is 1.77 bits per heavy atom. The molecule has 0 spiro atoms. The summed E-state index contributed by atoms with van der Waals surface area (Å²) in [5.74, 6) is -2.60. The van der Waals surface area contributed by atoms with Gasteiger partial charge in [0.2, 0.25) is 11.8 Å². The van der Waals surface area contributed by atoms with E-state index in [1.54, 1.807) is 5.48 Å². The Morgan fingerprint density at radius 3 is 2.34 bits per heavy atom. The number of hydrogen-bond donors (Lipinski definition) is 3. The molecule has 1 unspecified atom stereocenters. The minimum Gasteiger partial charge on any atom is -0.368 e. The van der Waals surface area contributed by atoms with Crippen LogP contribution in [0, 0.1) is 23.7 Å². The summed E-state index contributed by atoms with van der Waals surface area (Å²) in [6.45, 7) is 8.75. The largest absolute Gasteiger partial charge is 0.368 e. The lowest BCUT2D eigenvalue weighted by atomic mass is 9.82. The van der Waals surface area contributed by atoms with Gasteiger partial charge in [0.1, 0.15) is 6.10 Å². The molecular formula is C27H41N3O5. The predicted octanol–water partition coefficient (Wildman–Crippen LogP) is 3.96. The zero-order valence-electron chi connectivity index (χ0n) is 21.4. The zero-order valence-corrected chi connectivity index (χ0v) is 21.4. The molecular weight excluding hydrogens is 446 g/mol. The van der Waals surface area contributed by atoms with Crippen LogP contribution in [0.3, 0.4) is 0 Å². The van der Waals surface area contributed by atoms with Crippen LogP contribution in [0.4, 0.5) is 0 Å². The maximum absolute atomic E-state index is 13.5. The van der Waals surface area contributed by atoms with Crippen LogP contribution in [-0.2, 0) is 19.1 Å². The van der Waals surface area contributed by atoms with Crippen molar-refractivity contribution in [3.05, 3.63) is 42.0 Å². The van der Waals surface area contributed by atoms with Crippen molar-refractivity contribution >= 4 is 23.8 Å². The van der Waals surface area contributed by atoms with Gasteiger partial charge in [0.25, 0.3) is 5.91 Å². The number of benzene rings is 1. The van der Waals surface area contributed by atoms with Gasteiger partial charge < -0.3 is 4.74 Å². The Morgan fingerprint density at radius 1 is 1.06 bits per heavy atom. The highest BCUT2D eigenvalue weighted by Gasteiger charge is 2.36. The Bertz CT molecular complexity index is 834. The predicted molar refractivity (Wildman–Crippen MR) is 135 cm³/mol. The molecule has 0 radical (unpaired) electrons. The summed E-state index contributed by atoms with van der Waals surface area (Å²) < 4.78 is 5.66. The Labute approximate surface area is 209 Å². The molecule has 194 valence electrons. The molecule has 3 atom stereocenters. The van der Waals surface area contributed by atoms with Crippen molar-refractivity contribution in [3.8, 4) is 0 Å². The smallest absolute Gasteiger partial charge is 0.270 e. The number of carbonyl (C=O) groups excluding carboxylic acids is 3. The van der Waals surface area contributed by atoms with E-state index >= 15 is 0 Å². The molecule has 0 saturated carbocycles. The fraction of sp³-hybridized carbons (Fsp3) is 0.593. The minimum atomic E-state index is -0.802. The van der Waals surface area contributed by atoms with Gasteiger partial charge in [-0.2, -0.15) is 0 Å². The average Bonchev–Trinajstić information content (AvgIpc) is 2.85. The van der Waals surface area contributed by atoms with Crippen molar-refractivity contribution in [3.63, 3.8) is 0 Å². The summed E-state index contributed by atoms with van der Waals surface area (Å²) in [5.41, 5.74) is 5.50. The molecule has 8 heteroatoms. The Balaban J connectivity index is 2.23. The first-order chi connectivity index (χ1) is 16.7. The van der Waals surface area contributed by atoms with Crippen molar-refractivity contribution in [2.75, 3.05) is 13.2 Å². The van der Waals surface area contributed by atoms with Crippen molar-refractivity contribution in [1.82, 2.24) is 15.9 Å². The quantitative estimate of drug-likeness (QED) is 0.323.